The van der Waals surface area contributed by atoms with E-state index in [9.17, 15) is 27.6 Å². The fourth-order valence-corrected chi connectivity index (χ4v) is 6.42. The highest BCUT2D eigenvalue weighted by Gasteiger charge is 2.40. The molecule has 10 nitrogen and oxygen atoms in total. The molecule has 13 heteroatoms. The van der Waals surface area contributed by atoms with Gasteiger partial charge in [-0.25, -0.2) is 18.5 Å². The van der Waals surface area contributed by atoms with Crippen molar-refractivity contribution in [1.82, 2.24) is 5.32 Å². The fourth-order valence-electron chi connectivity index (χ4n) is 4.19. The Morgan fingerprint density at radius 2 is 1.63 bits per heavy atom. The number of nitrogens with one attached hydrogen (secondary N) is 2. The summed E-state index contributed by atoms with van der Waals surface area (Å²) in [5, 5.41) is 11.8. The van der Waals surface area contributed by atoms with Crippen LogP contribution < -0.4 is 20.7 Å². The first-order chi connectivity index (χ1) is 20.6. The largest absolute Gasteiger partial charge is 0.321 e. The predicted molar refractivity (Wildman–Crippen MR) is 166 cm³/mol. The molecule has 2 heterocycles. The SMILES string of the molecule is NS(=O)(=O)c1ccc(N2C(=O)CC(Sc3ccc(NC(=O)/C(=C/c4cccs4)NC(=O)c4ccccc4)cc3)C2=O)cc1. The second-order valence-electron chi connectivity index (χ2n) is 9.29. The lowest BCUT2D eigenvalue weighted by Gasteiger charge is -2.15. The quantitative estimate of drug-likeness (QED) is 0.184. The van der Waals surface area contributed by atoms with Crippen LogP contribution in [0, 0.1) is 0 Å². The molecule has 1 aliphatic rings. The normalized spacial score (nSPS) is 15.4. The summed E-state index contributed by atoms with van der Waals surface area (Å²) < 4.78 is 23.0. The number of thiophene rings is 1. The summed E-state index contributed by atoms with van der Waals surface area (Å²) in [4.78, 5) is 54.0. The van der Waals surface area contributed by atoms with Crippen molar-refractivity contribution >= 4 is 74.2 Å². The van der Waals surface area contributed by atoms with E-state index < -0.39 is 38.9 Å². The van der Waals surface area contributed by atoms with Crippen molar-refractivity contribution in [1.29, 1.82) is 0 Å². The lowest BCUT2D eigenvalue weighted by molar-refractivity contribution is -0.121. The standard InChI is InChI=1S/C30H24N4O6S3/c31-43(39,40)24-14-10-21(11-15-24)34-27(35)18-26(30(34)38)42-22-12-8-20(9-13-22)32-29(37)25(17-23-7-4-16-41-23)33-28(36)19-5-2-1-3-6-19/h1-17,26H,18H2,(H,32,37)(H,33,36)(H2,31,39,40)/b25-17-. The van der Waals surface area contributed by atoms with Gasteiger partial charge in [0.25, 0.3) is 11.8 Å². The highest BCUT2D eigenvalue weighted by molar-refractivity contribution is 8.00. The van der Waals surface area contributed by atoms with Crippen LogP contribution in [0.1, 0.15) is 21.7 Å². The average Bonchev–Trinajstić information content (AvgIpc) is 3.60. The van der Waals surface area contributed by atoms with Crippen LogP contribution in [-0.4, -0.2) is 37.3 Å². The summed E-state index contributed by atoms with van der Waals surface area (Å²) in [6.45, 7) is 0. The summed E-state index contributed by atoms with van der Waals surface area (Å²) in [7, 11) is -3.91. The zero-order chi connectivity index (χ0) is 30.6. The van der Waals surface area contributed by atoms with E-state index in [0.29, 0.717) is 16.1 Å². The van der Waals surface area contributed by atoms with Crippen molar-refractivity contribution in [3.8, 4) is 0 Å². The Kier molecular flexibility index (Phi) is 8.87. The molecule has 5 rings (SSSR count). The summed E-state index contributed by atoms with van der Waals surface area (Å²) in [5.74, 6) is -1.76. The van der Waals surface area contributed by atoms with Gasteiger partial charge in [0.2, 0.25) is 21.8 Å². The van der Waals surface area contributed by atoms with Crippen LogP contribution in [0.3, 0.4) is 0 Å². The van der Waals surface area contributed by atoms with Crippen LogP contribution >= 0.6 is 23.1 Å². The zero-order valence-electron chi connectivity index (χ0n) is 22.3. The number of hydrogen-bond acceptors (Lipinski definition) is 8. The molecule has 1 atom stereocenters. The van der Waals surface area contributed by atoms with Crippen LogP contribution in [0.15, 0.2) is 112 Å². The number of sulfonamides is 1. The Balaban J connectivity index is 1.25. The van der Waals surface area contributed by atoms with Gasteiger partial charge in [-0.1, -0.05) is 24.3 Å². The van der Waals surface area contributed by atoms with Gasteiger partial charge in [-0.15, -0.1) is 23.1 Å². The number of anilines is 2. The fraction of sp³-hybridized carbons (Fsp3) is 0.0667. The van der Waals surface area contributed by atoms with Gasteiger partial charge < -0.3 is 10.6 Å². The molecule has 3 aromatic carbocycles. The summed E-state index contributed by atoms with van der Waals surface area (Å²) in [5.41, 5.74) is 1.20. The molecule has 218 valence electrons. The summed E-state index contributed by atoms with van der Waals surface area (Å²) in [6, 6.07) is 24.2. The molecular weight excluding hydrogens is 609 g/mol. The number of imide groups is 1. The van der Waals surface area contributed by atoms with Gasteiger partial charge in [0.1, 0.15) is 5.70 Å². The highest BCUT2D eigenvalue weighted by atomic mass is 32.2. The van der Waals surface area contributed by atoms with Crippen molar-refractivity contribution in [2.45, 2.75) is 21.5 Å². The molecule has 0 aliphatic carbocycles. The number of hydrogen-bond donors (Lipinski definition) is 3. The van der Waals surface area contributed by atoms with Gasteiger partial charge in [0.15, 0.2) is 0 Å². The Hall–Kier alpha value is -4.56. The van der Waals surface area contributed by atoms with Crippen LogP contribution in [-0.2, 0) is 24.4 Å². The number of nitrogens with zero attached hydrogens (tertiary/aromatic N) is 1. The topological polar surface area (TPSA) is 156 Å². The van der Waals surface area contributed by atoms with Crippen LogP contribution in [0.4, 0.5) is 11.4 Å². The molecule has 4 amide bonds. The van der Waals surface area contributed by atoms with Gasteiger partial charge in [-0.05, 0) is 78.2 Å². The monoisotopic (exact) mass is 632 g/mol. The number of thioether (sulfide) groups is 1. The van der Waals surface area contributed by atoms with E-state index >= 15 is 0 Å². The summed E-state index contributed by atoms with van der Waals surface area (Å²) >= 11 is 2.62. The molecule has 0 bridgehead atoms. The molecule has 1 aliphatic heterocycles. The van der Waals surface area contributed by atoms with Crippen molar-refractivity contribution in [2.75, 3.05) is 10.2 Å². The van der Waals surface area contributed by atoms with Crippen LogP contribution in [0.25, 0.3) is 6.08 Å². The highest BCUT2D eigenvalue weighted by Crippen LogP contribution is 2.34. The molecule has 1 unspecified atom stereocenters. The Labute approximate surface area is 255 Å². The molecule has 1 fully saturated rings. The number of primary sulfonamides is 1. The number of carbonyl (C=O) groups excluding carboxylic acids is 4. The third kappa shape index (κ3) is 7.27. The van der Waals surface area contributed by atoms with E-state index in [1.807, 2.05) is 17.5 Å². The molecule has 43 heavy (non-hydrogen) atoms. The third-order valence-corrected chi connectivity index (χ3v) is 9.22. The first kappa shape index (κ1) is 29.9. The smallest absolute Gasteiger partial charge is 0.272 e. The van der Waals surface area contributed by atoms with E-state index in [0.717, 1.165) is 9.78 Å². The van der Waals surface area contributed by atoms with E-state index in [2.05, 4.69) is 10.6 Å². The molecule has 1 saturated heterocycles. The van der Waals surface area contributed by atoms with Crippen LogP contribution in [0.2, 0.25) is 0 Å². The first-order valence-corrected chi connectivity index (χ1v) is 16.1. The number of amides is 4. The zero-order valence-corrected chi connectivity index (χ0v) is 24.7. The van der Waals surface area contributed by atoms with Gasteiger partial charge in [-0.3, -0.25) is 19.2 Å². The number of carbonyl (C=O) groups is 4. The van der Waals surface area contributed by atoms with Crippen molar-refractivity contribution in [3.63, 3.8) is 0 Å². The van der Waals surface area contributed by atoms with Gasteiger partial charge in [-0.2, -0.15) is 0 Å². The minimum atomic E-state index is -3.91. The Morgan fingerprint density at radius 1 is 0.930 bits per heavy atom. The second-order valence-corrected chi connectivity index (χ2v) is 13.1. The second kappa shape index (κ2) is 12.8. The maximum atomic E-state index is 13.2. The molecule has 4 aromatic rings. The molecule has 0 radical (unpaired) electrons. The molecule has 0 saturated carbocycles. The van der Waals surface area contributed by atoms with Gasteiger partial charge in [0, 0.05) is 27.4 Å². The van der Waals surface area contributed by atoms with Gasteiger partial charge in [0.05, 0.1) is 15.8 Å². The van der Waals surface area contributed by atoms with E-state index in [1.165, 1.54) is 47.4 Å². The lowest BCUT2D eigenvalue weighted by atomic mass is 10.2. The van der Waals surface area contributed by atoms with Crippen molar-refractivity contribution in [2.24, 2.45) is 5.14 Å². The number of benzene rings is 3. The van der Waals surface area contributed by atoms with Crippen molar-refractivity contribution in [3.05, 3.63) is 113 Å². The number of nitrogens with two attached hydrogens (primary N) is 1. The van der Waals surface area contributed by atoms with Crippen LogP contribution in [0.5, 0.6) is 0 Å². The van der Waals surface area contributed by atoms with E-state index in [-0.39, 0.29) is 22.7 Å². The minimum absolute atomic E-state index is 0.0308. The molecular formula is C30H24N4O6S3. The third-order valence-electron chi connectivity index (χ3n) is 6.28. The minimum Gasteiger partial charge on any atom is -0.321 e. The van der Waals surface area contributed by atoms with E-state index in [4.69, 9.17) is 5.14 Å². The Morgan fingerprint density at radius 3 is 2.26 bits per heavy atom. The van der Waals surface area contributed by atoms with E-state index in [1.54, 1.807) is 60.7 Å². The average molecular weight is 633 g/mol. The predicted octanol–water partition coefficient (Wildman–Crippen LogP) is 4.23. The summed E-state index contributed by atoms with van der Waals surface area (Å²) in [6.07, 6.45) is 1.57. The van der Waals surface area contributed by atoms with Crippen molar-refractivity contribution < 1.29 is 27.6 Å². The number of rotatable bonds is 9. The Bertz CT molecular complexity index is 1810. The molecule has 0 spiro atoms. The maximum Gasteiger partial charge on any atom is 0.272 e. The lowest BCUT2D eigenvalue weighted by Crippen LogP contribution is -2.31. The van der Waals surface area contributed by atoms with Gasteiger partial charge >= 0.3 is 0 Å². The first-order valence-electron chi connectivity index (χ1n) is 12.8. The molecule has 1 aromatic heterocycles. The maximum absolute atomic E-state index is 13.2. The molecule has 4 N–H and O–H groups in total.